The van der Waals surface area contributed by atoms with Gasteiger partial charge in [0.1, 0.15) is 0 Å². The minimum absolute atomic E-state index is 0.0307. The first-order valence-electron chi connectivity index (χ1n) is 4.87. The van der Waals surface area contributed by atoms with Crippen molar-refractivity contribution in [2.24, 2.45) is 11.1 Å². The fourth-order valence-corrected chi connectivity index (χ4v) is 2.85. The molecule has 0 aromatic heterocycles. The highest BCUT2D eigenvalue weighted by Gasteiger charge is 2.44. The molecule has 0 aliphatic heterocycles. The molecule has 6 N–H and O–H groups in total. The van der Waals surface area contributed by atoms with Gasteiger partial charge in [-0.05, 0) is 19.4 Å². The van der Waals surface area contributed by atoms with Gasteiger partial charge in [-0.15, -0.1) is 0 Å². The van der Waals surface area contributed by atoms with E-state index in [4.69, 9.17) is 25.6 Å². The van der Waals surface area contributed by atoms with Crippen molar-refractivity contribution in [3.05, 3.63) is 0 Å². The van der Waals surface area contributed by atoms with Crippen molar-refractivity contribution in [3.8, 4) is 0 Å². The molecule has 0 spiro atoms. The monoisotopic (exact) mass is 257 g/mol. The number of rotatable bonds is 8. The van der Waals surface area contributed by atoms with E-state index in [-0.39, 0.29) is 13.0 Å². The van der Waals surface area contributed by atoms with Crippen LogP contribution in [0.3, 0.4) is 0 Å². The third-order valence-electron chi connectivity index (χ3n) is 2.66. The van der Waals surface area contributed by atoms with Crippen molar-refractivity contribution in [1.82, 2.24) is 0 Å². The second-order valence-corrected chi connectivity index (χ2v) is 5.37. The summed E-state index contributed by atoms with van der Waals surface area (Å²) in [4.78, 5) is 0. The molecule has 0 radical (unpaired) electrons. The quantitative estimate of drug-likeness (QED) is 0.315. The molecule has 98 valence electrons. The van der Waals surface area contributed by atoms with Crippen LogP contribution in [0.1, 0.15) is 12.8 Å². The Kier molecular flexibility index (Phi) is 6.38. The van der Waals surface area contributed by atoms with Crippen molar-refractivity contribution in [3.63, 3.8) is 0 Å². The lowest BCUT2D eigenvalue weighted by Gasteiger charge is -2.34. The predicted molar refractivity (Wildman–Crippen MR) is 57.3 cm³/mol. The van der Waals surface area contributed by atoms with E-state index in [0.717, 1.165) is 0 Å². The van der Waals surface area contributed by atoms with E-state index in [1.807, 2.05) is 0 Å². The molecule has 8 heteroatoms. The zero-order valence-corrected chi connectivity index (χ0v) is 9.73. The lowest BCUT2D eigenvalue weighted by molar-refractivity contribution is -0.000894. The van der Waals surface area contributed by atoms with Crippen LogP contribution >= 0.6 is 0 Å². The minimum atomic E-state index is -4.47. The Bertz CT molecular complexity index is 279. The summed E-state index contributed by atoms with van der Waals surface area (Å²) in [6, 6.07) is 0. The second kappa shape index (κ2) is 6.48. The van der Waals surface area contributed by atoms with Gasteiger partial charge in [0.15, 0.2) is 0 Å². The molecule has 0 saturated carbocycles. The minimum Gasteiger partial charge on any atom is -0.396 e. The predicted octanol–water partition coefficient (Wildman–Crippen LogP) is -2.05. The number of hydrogen-bond acceptors (Lipinski definition) is 6. The van der Waals surface area contributed by atoms with Crippen LogP contribution < -0.4 is 5.73 Å². The maximum Gasteiger partial charge on any atom is 0.268 e. The maximum absolute atomic E-state index is 11.1. The van der Waals surface area contributed by atoms with Crippen LogP contribution in [0.2, 0.25) is 0 Å². The molecule has 16 heavy (non-hydrogen) atoms. The van der Waals surface area contributed by atoms with Gasteiger partial charge >= 0.3 is 0 Å². The highest BCUT2D eigenvalue weighted by atomic mass is 32.2. The first-order valence-corrected chi connectivity index (χ1v) is 6.37. The summed E-state index contributed by atoms with van der Waals surface area (Å²) >= 11 is 0. The Morgan fingerprint density at radius 1 is 1.12 bits per heavy atom. The van der Waals surface area contributed by atoms with Gasteiger partial charge in [-0.2, -0.15) is 8.42 Å². The molecule has 0 saturated heterocycles. The molecule has 0 fully saturated rings. The maximum atomic E-state index is 11.1. The topological polar surface area (TPSA) is 141 Å². The van der Waals surface area contributed by atoms with Crippen molar-refractivity contribution in [2.75, 3.05) is 26.4 Å². The molecule has 0 rings (SSSR count). The highest BCUT2D eigenvalue weighted by Crippen LogP contribution is 2.29. The molecule has 0 heterocycles. The molecule has 1 unspecified atom stereocenters. The lowest BCUT2D eigenvalue weighted by Crippen LogP contribution is -2.49. The van der Waals surface area contributed by atoms with Crippen LogP contribution in [-0.2, 0) is 10.1 Å². The SMILES string of the molecule is NCCCC(C(CO)(CO)CO)S(=O)(=O)O. The van der Waals surface area contributed by atoms with Gasteiger partial charge in [0.2, 0.25) is 0 Å². The number of nitrogens with two attached hydrogens (primary N) is 1. The molecular weight excluding hydrogens is 238 g/mol. The van der Waals surface area contributed by atoms with E-state index in [9.17, 15) is 8.42 Å². The summed E-state index contributed by atoms with van der Waals surface area (Å²) in [7, 11) is -4.47. The van der Waals surface area contributed by atoms with E-state index < -0.39 is 40.6 Å². The van der Waals surface area contributed by atoms with Crippen molar-refractivity contribution in [2.45, 2.75) is 18.1 Å². The Morgan fingerprint density at radius 2 is 1.56 bits per heavy atom. The van der Waals surface area contributed by atoms with E-state index >= 15 is 0 Å². The molecule has 0 aromatic carbocycles. The molecule has 0 aliphatic rings. The summed E-state index contributed by atoms with van der Waals surface area (Å²) in [5.74, 6) is 0. The van der Waals surface area contributed by atoms with Gasteiger partial charge in [-0.3, -0.25) is 4.55 Å². The fourth-order valence-electron chi connectivity index (χ4n) is 1.53. The summed E-state index contributed by atoms with van der Waals surface area (Å²) in [5.41, 5.74) is 3.57. The van der Waals surface area contributed by atoms with Crippen molar-refractivity contribution in [1.29, 1.82) is 0 Å². The van der Waals surface area contributed by atoms with Crippen LogP contribution in [0, 0.1) is 5.41 Å². The molecule has 1 atom stereocenters. The van der Waals surface area contributed by atoms with Gasteiger partial charge in [0.05, 0.1) is 30.5 Å². The number of aliphatic hydroxyl groups excluding tert-OH is 3. The number of aliphatic hydroxyl groups is 3. The number of hydrogen-bond donors (Lipinski definition) is 5. The Balaban J connectivity index is 5.13. The third-order valence-corrected chi connectivity index (χ3v) is 4.11. The Hall–Kier alpha value is -0.250. The summed E-state index contributed by atoms with van der Waals surface area (Å²) in [6.07, 6.45) is 0.267. The zero-order chi connectivity index (χ0) is 12.8. The normalized spacial score (nSPS) is 15.1. The summed E-state index contributed by atoms with van der Waals surface area (Å²) < 4.78 is 31.3. The fraction of sp³-hybridized carbons (Fsp3) is 1.00. The second-order valence-electron chi connectivity index (χ2n) is 3.77. The first-order chi connectivity index (χ1) is 7.37. The lowest BCUT2D eigenvalue weighted by atomic mass is 9.84. The highest BCUT2D eigenvalue weighted by molar-refractivity contribution is 7.86. The van der Waals surface area contributed by atoms with Gasteiger partial charge in [-0.25, -0.2) is 0 Å². The van der Waals surface area contributed by atoms with E-state index in [0.29, 0.717) is 6.42 Å². The standard InChI is InChI=1S/C8H19NO6S/c9-3-1-2-7(16(13,14)15)8(4-10,5-11)6-12/h7,10-12H,1-6,9H2,(H,13,14,15). The molecule has 0 aliphatic carbocycles. The molecule has 7 nitrogen and oxygen atoms in total. The Labute approximate surface area is 94.6 Å². The van der Waals surface area contributed by atoms with Crippen LogP contribution in [-0.4, -0.2) is 59.9 Å². The summed E-state index contributed by atoms with van der Waals surface area (Å²) in [5, 5.41) is 25.8. The van der Waals surface area contributed by atoms with Crippen LogP contribution in [0.4, 0.5) is 0 Å². The van der Waals surface area contributed by atoms with Gasteiger partial charge in [-0.1, -0.05) is 0 Å². The van der Waals surface area contributed by atoms with E-state index in [2.05, 4.69) is 0 Å². The first kappa shape index (κ1) is 15.8. The Morgan fingerprint density at radius 3 is 1.81 bits per heavy atom. The average molecular weight is 257 g/mol. The van der Waals surface area contributed by atoms with Crippen molar-refractivity contribution >= 4 is 10.1 Å². The third kappa shape index (κ3) is 3.65. The molecule has 0 amide bonds. The average Bonchev–Trinajstić information content (AvgIpc) is 2.23. The smallest absolute Gasteiger partial charge is 0.268 e. The van der Waals surface area contributed by atoms with E-state index in [1.54, 1.807) is 0 Å². The van der Waals surface area contributed by atoms with Gasteiger partial charge in [0, 0.05) is 0 Å². The molecule has 0 bridgehead atoms. The van der Waals surface area contributed by atoms with Crippen LogP contribution in [0.25, 0.3) is 0 Å². The van der Waals surface area contributed by atoms with Crippen LogP contribution in [0.15, 0.2) is 0 Å². The largest absolute Gasteiger partial charge is 0.396 e. The van der Waals surface area contributed by atoms with Crippen LogP contribution in [0.5, 0.6) is 0 Å². The summed E-state index contributed by atoms with van der Waals surface area (Å²) in [6.45, 7) is -2.01. The molecular formula is C8H19NO6S. The van der Waals surface area contributed by atoms with Gasteiger partial charge in [0.25, 0.3) is 10.1 Å². The molecule has 0 aromatic rings. The van der Waals surface area contributed by atoms with E-state index in [1.165, 1.54) is 0 Å². The van der Waals surface area contributed by atoms with Crippen molar-refractivity contribution < 1.29 is 28.3 Å². The zero-order valence-electron chi connectivity index (χ0n) is 8.91. The van der Waals surface area contributed by atoms with Gasteiger partial charge < -0.3 is 21.1 Å².